The number of carbonyl (C=O) groups excluding carboxylic acids is 1. The van der Waals surface area contributed by atoms with Crippen molar-refractivity contribution in [2.45, 2.75) is 4.90 Å². The van der Waals surface area contributed by atoms with Gasteiger partial charge in [-0.3, -0.25) is 4.79 Å². The number of benzene rings is 2. The number of rotatable bonds is 8. The van der Waals surface area contributed by atoms with Gasteiger partial charge in [0.15, 0.2) is 17.5 Å². The molecule has 0 atom stereocenters. The Morgan fingerprint density at radius 3 is 2.26 bits per heavy atom. The molecule has 1 heterocycles. The van der Waals surface area contributed by atoms with E-state index in [1.807, 2.05) is 18.2 Å². The number of piperazine rings is 1. The molecule has 31 heavy (non-hydrogen) atoms. The van der Waals surface area contributed by atoms with E-state index in [2.05, 4.69) is 0 Å². The van der Waals surface area contributed by atoms with Crippen molar-refractivity contribution >= 4 is 15.9 Å². The number of hydrogen-bond acceptors (Lipinski definition) is 5. The number of carbonyl (C=O) groups is 1. The minimum atomic E-state index is -4.37. The Balaban J connectivity index is 1.45. The van der Waals surface area contributed by atoms with E-state index < -0.39 is 32.4 Å². The molecule has 11 heteroatoms. The molecular weight excluding hydrogens is 437 g/mol. The summed E-state index contributed by atoms with van der Waals surface area (Å²) in [6, 6.07) is 10.4. The van der Waals surface area contributed by atoms with Gasteiger partial charge < -0.3 is 14.4 Å². The molecule has 0 radical (unpaired) electrons. The lowest BCUT2D eigenvalue weighted by Crippen LogP contribution is -2.51. The molecule has 0 bridgehead atoms. The number of sulfonamides is 1. The standard InChI is InChI=1S/C20H21F3N2O5S/c21-16-6-7-17(20(23)19(16)22)31(27,28)25-10-8-24(9-11-25)18(26)14-29-12-13-30-15-4-2-1-3-5-15/h1-7H,8-14H2. The molecule has 0 saturated carbocycles. The summed E-state index contributed by atoms with van der Waals surface area (Å²) in [7, 11) is -4.37. The molecule has 2 aromatic rings. The van der Waals surface area contributed by atoms with Gasteiger partial charge >= 0.3 is 0 Å². The average molecular weight is 458 g/mol. The molecule has 0 unspecified atom stereocenters. The quantitative estimate of drug-likeness (QED) is 0.447. The Kier molecular flexibility index (Phi) is 7.52. The second-order valence-corrected chi connectivity index (χ2v) is 8.58. The van der Waals surface area contributed by atoms with Gasteiger partial charge in [0.2, 0.25) is 15.9 Å². The lowest BCUT2D eigenvalue weighted by Gasteiger charge is -2.34. The number of ether oxygens (including phenoxy) is 2. The number of hydrogen-bond donors (Lipinski definition) is 0. The second-order valence-electron chi connectivity index (χ2n) is 6.67. The first-order chi connectivity index (χ1) is 14.8. The average Bonchev–Trinajstić information content (AvgIpc) is 2.77. The summed E-state index contributed by atoms with van der Waals surface area (Å²) < 4.78 is 77.2. The van der Waals surface area contributed by atoms with Crippen molar-refractivity contribution in [3.05, 3.63) is 59.9 Å². The van der Waals surface area contributed by atoms with Crippen LogP contribution in [0.25, 0.3) is 0 Å². The number of halogens is 3. The van der Waals surface area contributed by atoms with Crippen molar-refractivity contribution in [2.24, 2.45) is 0 Å². The number of amides is 1. The molecule has 1 fully saturated rings. The molecule has 1 aliphatic heterocycles. The first kappa shape index (κ1) is 23.0. The molecule has 2 aromatic carbocycles. The predicted octanol–water partition coefficient (Wildman–Crippen LogP) is 2.03. The van der Waals surface area contributed by atoms with Gasteiger partial charge in [0.25, 0.3) is 0 Å². The highest BCUT2D eigenvalue weighted by molar-refractivity contribution is 7.89. The molecule has 0 aromatic heterocycles. The highest BCUT2D eigenvalue weighted by atomic mass is 32.2. The van der Waals surface area contributed by atoms with Crippen LogP contribution < -0.4 is 4.74 Å². The Morgan fingerprint density at radius 2 is 1.58 bits per heavy atom. The van der Waals surface area contributed by atoms with Crippen LogP contribution in [-0.4, -0.2) is 69.5 Å². The summed E-state index contributed by atoms with van der Waals surface area (Å²) in [5.74, 6) is -4.71. The van der Waals surface area contributed by atoms with Crippen LogP contribution in [0.4, 0.5) is 13.2 Å². The van der Waals surface area contributed by atoms with Gasteiger partial charge in [0.1, 0.15) is 23.9 Å². The molecule has 1 aliphatic rings. The molecule has 0 aliphatic carbocycles. The Labute approximate surface area is 178 Å². The van der Waals surface area contributed by atoms with Crippen LogP contribution in [0.2, 0.25) is 0 Å². The Hall–Kier alpha value is -2.63. The number of para-hydroxylation sites is 1. The monoisotopic (exact) mass is 458 g/mol. The van der Waals surface area contributed by atoms with Crippen LogP contribution in [0.15, 0.2) is 47.4 Å². The molecule has 1 saturated heterocycles. The fraction of sp³-hybridized carbons (Fsp3) is 0.350. The minimum Gasteiger partial charge on any atom is -0.491 e. The first-order valence-corrected chi connectivity index (χ1v) is 10.9. The Bertz CT molecular complexity index is 1010. The predicted molar refractivity (Wildman–Crippen MR) is 104 cm³/mol. The normalized spacial score (nSPS) is 15.1. The van der Waals surface area contributed by atoms with E-state index in [9.17, 15) is 26.4 Å². The van der Waals surface area contributed by atoms with E-state index in [0.717, 1.165) is 4.31 Å². The Morgan fingerprint density at radius 1 is 0.903 bits per heavy atom. The van der Waals surface area contributed by atoms with Crippen LogP contribution in [0.3, 0.4) is 0 Å². The van der Waals surface area contributed by atoms with Crippen molar-refractivity contribution < 1.29 is 35.9 Å². The van der Waals surface area contributed by atoms with Crippen LogP contribution in [0, 0.1) is 17.5 Å². The topological polar surface area (TPSA) is 76.2 Å². The highest BCUT2D eigenvalue weighted by Crippen LogP contribution is 2.24. The molecule has 168 valence electrons. The molecule has 7 nitrogen and oxygen atoms in total. The fourth-order valence-electron chi connectivity index (χ4n) is 3.01. The summed E-state index contributed by atoms with van der Waals surface area (Å²) in [6.45, 7) is 0.184. The van der Waals surface area contributed by atoms with E-state index in [1.54, 1.807) is 12.1 Å². The minimum absolute atomic E-state index is 0.0627. The molecule has 1 amide bonds. The second kappa shape index (κ2) is 10.1. The number of nitrogens with zero attached hydrogens (tertiary/aromatic N) is 2. The van der Waals surface area contributed by atoms with Crippen molar-refractivity contribution in [3.8, 4) is 5.75 Å². The van der Waals surface area contributed by atoms with Crippen molar-refractivity contribution in [1.29, 1.82) is 0 Å². The van der Waals surface area contributed by atoms with E-state index in [1.165, 1.54) is 4.90 Å². The zero-order valence-electron chi connectivity index (χ0n) is 16.5. The van der Waals surface area contributed by atoms with E-state index in [-0.39, 0.29) is 51.9 Å². The SMILES string of the molecule is O=C(COCCOc1ccccc1)N1CCN(S(=O)(=O)c2ccc(F)c(F)c2F)CC1. The lowest BCUT2D eigenvalue weighted by molar-refractivity contribution is -0.137. The molecule has 0 N–H and O–H groups in total. The van der Waals surface area contributed by atoms with Gasteiger partial charge in [-0.15, -0.1) is 0 Å². The first-order valence-electron chi connectivity index (χ1n) is 9.47. The largest absolute Gasteiger partial charge is 0.491 e. The highest BCUT2D eigenvalue weighted by Gasteiger charge is 2.33. The van der Waals surface area contributed by atoms with E-state index in [0.29, 0.717) is 17.9 Å². The van der Waals surface area contributed by atoms with Gasteiger partial charge in [-0.2, -0.15) is 4.31 Å². The van der Waals surface area contributed by atoms with Crippen molar-refractivity contribution in [2.75, 3.05) is 46.0 Å². The lowest BCUT2D eigenvalue weighted by atomic mass is 10.3. The third-order valence-electron chi connectivity index (χ3n) is 4.67. The summed E-state index contributed by atoms with van der Waals surface area (Å²) in [4.78, 5) is 12.7. The molecule has 0 spiro atoms. The smallest absolute Gasteiger partial charge is 0.248 e. The van der Waals surface area contributed by atoms with Crippen LogP contribution in [-0.2, 0) is 19.6 Å². The van der Waals surface area contributed by atoms with Gasteiger partial charge in [-0.25, -0.2) is 21.6 Å². The van der Waals surface area contributed by atoms with E-state index in [4.69, 9.17) is 9.47 Å². The fourth-order valence-corrected chi connectivity index (χ4v) is 4.49. The molecular formula is C20H21F3N2O5S. The summed E-state index contributed by atoms with van der Waals surface area (Å²) >= 11 is 0. The maximum absolute atomic E-state index is 13.9. The summed E-state index contributed by atoms with van der Waals surface area (Å²) in [6.07, 6.45) is 0. The van der Waals surface area contributed by atoms with Crippen LogP contribution >= 0.6 is 0 Å². The van der Waals surface area contributed by atoms with Gasteiger partial charge in [0.05, 0.1) is 6.61 Å². The maximum Gasteiger partial charge on any atom is 0.248 e. The summed E-state index contributed by atoms with van der Waals surface area (Å²) in [5.41, 5.74) is 0. The van der Waals surface area contributed by atoms with Gasteiger partial charge in [0, 0.05) is 26.2 Å². The van der Waals surface area contributed by atoms with Crippen LogP contribution in [0.1, 0.15) is 0 Å². The zero-order valence-corrected chi connectivity index (χ0v) is 17.3. The summed E-state index contributed by atoms with van der Waals surface area (Å²) in [5, 5.41) is 0. The van der Waals surface area contributed by atoms with Gasteiger partial charge in [-0.05, 0) is 24.3 Å². The van der Waals surface area contributed by atoms with Gasteiger partial charge in [-0.1, -0.05) is 18.2 Å². The zero-order chi connectivity index (χ0) is 22.4. The van der Waals surface area contributed by atoms with Crippen molar-refractivity contribution in [3.63, 3.8) is 0 Å². The van der Waals surface area contributed by atoms with Crippen molar-refractivity contribution in [1.82, 2.24) is 9.21 Å². The third kappa shape index (κ3) is 5.54. The maximum atomic E-state index is 13.9. The third-order valence-corrected chi connectivity index (χ3v) is 6.59. The van der Waals surface area contributed by atoms with E-state index >= 15 is 0 Å². The molecule has 3 rings (SSSR count). The van der Waals surface area contributed by atoms with Crippen LogP contribution in [0.5, 0.6) is 5.75 Å².